The van der Waals surface area contributed by atoms with Crippen molar-refractivity contribution in [1.29, 1.82) is 0 Å². The van der Waals surface area contributed by atoms with E-state index in [1.165, 1.54) is 6.07 Å². The van der Waals surface area contributed by atoms with E-state index >= 15 is 0 Å². The molecule has 0 radical (unpaired) electrons. The number of pyridine rings is 4. The fraction of sp³-hybridized carbons (Fsp3) is 0.220. The Bertz CT molecular complexity index is 3230. The SMILES string of the molecule is Cc1cc(-c2cnc3c(NCCC(F)(F)F)cc(-c4ccncc4)cn23)ccc1C(=O)O.[C-]#[N+]C1(NC(=O)c2ccc(-c3cnc4c(NCCC(F)(F)F)cc(-c5ccncc5)cn34)cc2C)CC1. The molecule has 0 bridgehead atoms. The number of hydrogen-bond donors (Lipinski definition) is 4. The number of carbonyl (C=O) groups excluding carboxylic acids is 1. The average Bonchev–Trinajstić information content (AvgIpc) is 3.73. The fourth-order valence-corrected chi connectivity index (χ4v) is 7.75. The number of amides is 1. The summed E-state index contributed by atoms with van der Waals surface area (Å²) < 4.78 is 79.9. The highest BCUT2D eigenvalue weighted by atomic mass is 19.4. The number of hydrogen-bond acceptors (Lipinski definition) is 8. The number of carbonyl (C=O) groups is 2. The Labute approximate surface area is 390 Å². The predicted octanol–water partition coefficient (Wildman–Crippen LogP) is 11.3. The van der Waals surface area contributed by atoms with Crippen LogP contribution in [0.5, 0.6) is 0 Å². The van der Waals surface area contributed by atoms with Gasteiger partial charge in [0.1, 0.15) is 0 Å². The smallest absolute Gasteiger partial charge is 0.390 e. The monoisotopic (exact) mass is 944 g/mol. The number of aromatic carboxylic acids is 1. The van der Waals surface area contributed by atoms with Crippen molar-refractivity contribution in [2.75, 3.05) is 23.7 Å². The number of carboxylic acids is 1. The van der Waals surface area contributed by atoms with Crippen molar-refractivity contribution in [1.82, 2.24) is 34.1 Å². The van der Waals surface area contributed by atoms with Crippen LogP contribution in [0.1, 0.15) is 57.5 Å². The fourth-order valence-electron chi connectivity index (χ4n) is 7.75. The molecule has 1 saturated carbocycles. The van der Waals surface area contributed by atoms with Gasteiger partial charge in [-0.3, -0.25) is 33.7 Å². The minimum Gasteiger partial charge on any atom is -0.478 e. The van der Waals surface area contributed by atoms with Crippen LogP contribution in [0.4, 0.5) is 37.7 Å². The average molecular weight is 945 g/mol. The Morgan fingerprint density at radius 2 is 1.09 bits per heavy atom. The minimum absolute atomic E-state index is 0.203. The molecule has 6 heterocycles. The Kier molecular flexibility index (Phi) is 13.1. The molecule has 352 valence electrons. The lowest BCUT2D eigenvalue weighted by Crippen LogP contribution is -2.34. The molecule has 1 fully saturated rings. The quantitative estimate of drug-likeness (QED) is 0.0653. The molecule has 0 saturated heterocycles. The minimum atomic E-state index is -4.27. The van der Waals surface area contributed by atoms with Crippen molar-refractivity contribution in [2.45, 2.75) is 57.5 Å². The lowest BCUT2D eigenvalue weighted by molar-refractivity contribution is -0.132. The maximum absolute atomic E-state index is 12.8. The highest BCUT2D eigenvalue weighted by Gasteiger charge is 2.52. The van der Waals surface area contributed by atoms with E-state index in [0.717, 1.165) is 44.6 Å². The summed E-state index contributed by atoms with van der Waals surface area (Å²) in [6, 6.07) is 21.2. The molecule has 0 spiro atoms. The van der Waals surface area contributed by atoms with Crippen LogP contribution in [0, 0.1) is 20.4 Å². The number of rotatable bonds is 13. The van der Waals surface area contributed by atoms with Crippen molar-refractivity contribution in [3.63, 3.8) is 0 Å². The third-order valence-corrected chi connectivity index (χ3v) is 11.5. The van der Waals surface area contributed by atoms with Gasteiger partial charge in [-0.05, 0) is 96.8 Å². The summed E-state index contributed by atoms with van der Waals surface area (Å²) in [7, 11) is 0. The van der Waals surface area contributed by atoms with Crippen LogP contribution in [0.3, 0.4) is 0 Å². The lowest BCUT2D eigenvalue weighted by Gasteiger charge is -2.14. The predicted molar refractivity (Wildman–Crippen MR) is 249 cm³/mol. The van der Waals surface area contributed by atoms with Crippen molar-refractivity contribution < 1.29 is 41.0 Å². The number of nitrogens with zero attached hydrogens (tertiary/aromatic N) is 7. The van der Waals surface area contributed by atoms with Gasteiger partial charge >= 0.3 is 24.0 Å². The third-order valence-electron chi connectivity index (χ3n) is 11.5. The number of benzene rings is 2. The van der Waals surface area contributed by atoms with Gasteiger partial charge in [0.05, 0.1) is 66.4 Å². The van der Waals surface area contributed by atoms with E-state index < -0.39 is 36.8 Å². The molecule has 1 amide bonds. The lowest BCUT2D eigenvalue weighted by atomic mass is 10.0. The highest BCUT2D eigenvalue weighted by Crippen LogP contribution is 2.38. The van der Waals surface area contributed by atoms with E-state index in [1.807, 2.05) is 54.0 Å². The summed E-state index contributed by atoms with van der Waals surface area (Å²) in [5, 5.41) is 17.9. The van der Waals surface area contributed by atoms with E-state index in [2.05, 4.69) is 40.7 Å². The second-order valence-electron chi connectivity index (χ2n) is 16.5. The molecule has 13 nitrogen and oxygen atoms in total. The summed E-state index contributed by atoms with van der Waals surface area (Å²) in [5.74, 6) is -1.30. The summed E-state index contributed by atoms with van der Waals surface area (Å²) in [6.07, 6.45) is 4.42. The van der Waals surface area contributed by atoms with Gasteiger partial charge in [-0.15, -0.1) is 0 Å². The molecule has 0 aliphatic heterocycles. The van der Waals surface area contributed by atoms with Crippen LogP contribution < -0.4 is 16.0 Å². The molecule has 9 rings (SSSR count). The van der Waals surface area contributed by atoms with Crippen LogP contribution in [-0.2, 0) is 0 Å². The molecule has 6 aromatic heterocycles. The molecule has 1 aliphatic rings. The highest BCUT2D eigenvalue weighted by molar-refractivity contribution is 5.97. The number of aryl methyl sites for hydroxylation is 2. The van der Waals surface area contributed by atoms with Gasteiger partial charge in [0.2, 0.25) is 0 Å². The van der Waals surface area contributed by atoms with E-state index in [9.17, 15) is 41.0 Å². The van der Waals surface area contributed by atoms with Crippen LogP contribution in [-0.4, -0.2) is 76.8 Å². The van der Waals surface area contributed by atoms with Crippen molar-refractivity contribution >= 4 is 34.5 Å². The zero-order valence-corrected chi connectivity index (χ0v) is 37.0. The second-order valence-corrected chi connectivity index (χ2v) is 16.5. The second kappa shape index (κ2) is 19.1. The summed E-state index contributed by atoms with van der Waals surface area (Å²) >= 11 is 0. The number of aromatic nitrogens is 6. The summed E-state index contributed by atoms with van der Waals surface area (Å²) in [6.45, 7) is 10.3. The zero-order chi connectivity index (χ0) is 49.1. The Morgan fingerprint density at radius 1 is 0.652 bits per heavy atom. The van der Waals surface area contributed by atoms with E-state index in [0.29, 0.717) is 52.3 Å². The van der Waals surface area contributed by atoms with Gasteiger partial charge in [-0.2, -0.15) is 26.3 Å². The number of anilines is 2. The Balaban J connectivity index is 0.000000188. The standard InChI is InChI=1S/C27H23F3N6O.C23H19F3N4O2/c1-17-13-19(3-4-21(17)25(37)35-26(31-2)7-8-26)23-15-34-24-22(33-12-9-27(28,29)30)14-20(16-36(23)24)18-5-10-32-11-6-18;1-14-10-16(2-3-18(14)22(31)32)20-12-29-21-19(28-9-6-23(24,25)26)11-17(13-30(20)21)15-4-7-27-8-5-15/h3-6,10-11,13-16,33H,7-9,12H2,1H3,(H,35,37);2-5,7-8,10-13,28H,6,9H2,1H3,(H,31,32). The Morgan fingerprint density at radius 3 is 1.46 bits per heavy atom. The number of halogens is 6. The van der Waals surface area contributed by atoms with E-state index in [-0.39, 0.29) is 24.6 Å². The molecular weight excluding hydrogens is 903 g/mol. The van der Waals surface area contributed by atoms with Gasteiger partial charge in [-0.25, -0.2) is 21.3 Å². The zero-order valence-electron chi connectivity index (χ0n) is 37.0. The Hall–Kier alpha value is -8.27. The molecule has 8 aromatic rings. The first kappa shape index (κ1) is 47.2. The van der Waals surface area contributed by atoms with Crippen molar-refractivity contribution in [3.8, 4) is 44.8 Å². The molecule has 19 heteroatoms. The van der Waals surface area contributed by atoms with E-state index in [1.54, 1.807) is 84.9 Å². The summed E-state index contributed by atoms with van der Waals surface area (Å²) in [5.41, 5.74) is 9.35. The first-order valence-electron chi connectivity index (χ1n) is 21.5. The molecule has 2 aromatic carbocycles. The number of alkyl halides is 6. The molecule has 0 unspecified atom stereocenters. The largest absolute Gasteiger partial charge is 0.478 e. The number of nitrogens with one attached hydrogen (secondary N) is 3. The van der Waals surface area contributed by atoms with E-state index in [4.69, 9.17) is 6.57 Å². The molecule has 4 N–H and O–H groups in total. The van der Waals surface area contributed by atoms with Crippen molar-refractivity contribution in [3.05, 3.63) is 156 Å². The number of imidazole rings is 2. The maximum Gasteiger partial charge on any atom is 0.390 e. The van der Waals surface area contributed by atoms with Gasteiger partial charge in [0, 0.05) is 78.1 Å². The number of fused-ring (bicyclic) bond motifs is 2. The normalized spacial score (nSPS) is 13.0. The van der Waals surface area contributed by atoms with Gasteiger partial charge in [0.25, 0.3) is 5.91 Å². The topological polar surface area (TPSA) is 155 Å². The first-order chi connectivity index (χ1) is 32.9. The van der Waals surface area contributed by atoms with Crippen LogP contribution >= 0.6 is 0 Å². The van der Waals surface area contributed by atoms with Gasteiger partial charge in [0.15, 0.2) is 11.3 Å². The number of carboxylic acid groups (broad SMARTS) is 1. The molecule has 0 atom stereocenters. The summed E-state index contributed by atoms with van der Waals surface area (Å²) in [4.78, 5) is 44.6. The molecule has 69 heavy (non-hydrogen) atoms. The van der Waals surface area contributed by atoms with Crippen LogP contribution in [0.25, 0.3) is 60.9 Å². The van der Waals surface area contributed by atoms with Gasteiger partial charge in [-0.1, -0.05) is 12.1 Å². The molecular formula is C50H42F6N10O3. The third kappa shape index (κ3) is 11.0. The van der Waals surface area contributed by atoms with Crippen LogP contribution in [0.2, 0.25) is 0 Å². The first-order valence-corrected chi connectivity index (χ1v) is 21.5. The van der Waals surface area contributed by atoms with Gasteiger partial charge < -0.3 is 15.7 Å². The van der Waals surface area contributed by atoms with Crippen molar-refractivity contribution in [2.24, 2.45) is 0 Å². The maximum atomic E-state index is 12.8. The molecule has 1 aliphatic carbocycles. The van der Waals surface area contributed by atoms with Crippen LogP contribution in [0.15, 0.2) is 122 Å².